The van der Waals surface area contributed by atoms with Crippen molar-refractivity contribution in [2.75, 3.05) is 0 Å². The van der Waals surface area contributed by atoms with E-state index in [1.807, 2.05) is 6.07 Å². The highest BCUT2D eigenvalue weighted by Crippen LogP contribution is 2.57. The molecule has 0 aliphatic heterocycles. The minimum absolute atomic E-state index is 0.226. The first-order chi connectivity index (χ1) is 6.21. The normalized spacial score (nSPS) is 35.2. The summed E-state index contributed by atoms with van der Waals surface area (Å²) in [6.45, 7) is 2.24. The largest absolute Gasteiger partial charge is 0.299 e. The molecule has 1 aromatic rings. The highest BCUT2D eigenvalue weighted by molar-refractivity contribution is 5.95. The fourth-order valence-electron chi connectivity index (χ4n) is 2.99. The summed E-state index contributed by atoms with van der Waals surface area (Å²) < 4.78 is 0. The van der Waals surface area contributed by atoms with E-state index in [2.05, 4.69) is 25.1 Å². The van der Waals surface area contributed by atoms with Gasteiger partial charge in [-0.2, -0.15) is 0 Å². The number of hydrogen-bond acceptors (Lipinski definition) is 1. The molecule has 0 radical (unpaired) electrons. The molecule has 0 heterocycles. The maximum absolute atomic E-state index is 11.5. The summed E-state index contributed by atoms with van der Waals surface area (Å²) in [6.07, 6.45) is 1.88. The summed E-state index contributed by atoms with van der Waals surface area (Å²) in [7, 11) is 0. The minimum Gasteiger partial charge on any atom is -0.299 e. The van der Waals surface area contributed by atoms with Gasteiger partial charge in [-0.05, 0) is 23.0 Å². The number of hydrogen-bond donors (Lipinski definition) is 0. The summed E-state index contributed by atoms with van der Waals surface area (Å²) in [5, 5.41) is 0. The SMILES string of the molecule is CC12CC(=O)C1c1ccccc1C2. The van der Waals surface area contributed by atoms with Crippen LogP contribution >= 0.6 is 0 Å². The second-order valence-electron chi connectivity index (χ2n) is 4.61. The molecule has 1 saturated carbocycles. The van der Waals surface area contributed by atoms with Crippen LogP contribution in [0, 0.1) is 5.41 Å². The van der Waals surface area contributed by atoms with Crippen LogP contribution in [0.5, 0.6) is 0 Å². The van der Waals surface area contributed by atoms with E-state index in [9.17, 15) is 4.79 Å². The van der Waals surface area contributed by atoms with Crippen LogP contribution in [0.2, 0.25) is 0 Å². The average molecular weight is 172 g/mol. The van der Waals surface area contributed by atoms with Gasteiger partial charge in [-0.15, -0.1) is 0 Å². The number of benzene rings is 1. The fraction of sp³-hybridized carbons (Fsp3) is 0.417. The Balaban J connectivity index is 2.17. The van der Waals surface area contributed by atoms with Gasteiger partial charge in [-0.3, -0.25) is 4.79 Å². The van der Waals surface area contributed by atoms with Crippen molar-refractivity contribution >= 4 is 5.78 Å². The van der Waals surface area contributed by atoms with E-state index in [4.69, 9.17) is 0 Å². The van der Waals surface area contributed by atoms with Crippen LogP contribution in [0.1, 0.15) is 30.4 Å². The third kappa shape index (κ3) is 0.749. The zero-order valence-corrected chi connectivity index (χ0v) is 7.71. The molecule has 0 saturated heterocycles. The Kier molecular flexibility index (Phi) is 1.14. The molecule has 1 fully saturated rings. The van der Waals surface area contributed by atoms with Crippen molar-refractivity contribution in [3.63, 3.8) is 0 Å². The molecule has 1 aromatic carbocycles. The first-order valence-corrected chi connectivity index (χ1v) is 4.81. The highest BCUT2D eigenvalue weighted by atomic mass is 16.1. The predicted octanol–water partition coefficient (Wildman–Crippen LogP) is 2.31. The third-order valence-electron chi connectivity index (χ3n) is 3.56. The quantitative estimate of drug-likeness (QED) is 0.587. The lowest BCUT2D eigenvalue weighted by molar-refractivity contribution is -0.134. The molecular formula is C12H12O. The predicted molar refractivity (Wildman–Crippen MR) is 50.6 cm³/mol. The molecule has 0 bridgehead atoms. The van der Waals surface area contributed by atoms with Gasteiger partial charge in [0.05, 0.1) is 0 Å². The highest BCUT2D eigenvalue weighted by Gasteiger charge is 2.55. The van der Waals surface area contributed by atoms with Crippen molar-refractivity contribution < 1.29 is 4.79 Å². The second kappa shape index (κ2) is 2.03. The van der Waals surface area contributed by atoms with Crippen LogP contribution in [0.4, 0.5) is 0 Å². The zero-order valence-electron chi connectivity index (χ0n) is 7.71. The number of Topliss-reactive ketones (excluding diaryl/α,β-unsaturated/α-hetero) is 1. The van der Waals surface area contributed by atoms with Crippen LogP contribution in [-0.2, 0) is 11.2 Å². The van der Waals surface area contributed by atoms with Crippen LogP contribution in [0.15, 0.2) is 24.3 Å². The lowest BCUT2D eigenvalue weighted by Crippen LogP contribution is -2.41. The topological polar surface area (TPSA) is 17.1 Å². The standard InChI is InChI=1S/C12H12O/c1-12-6-8-4-2-3-5-9(8)11(12)10(13)7-12/h2-5,11H,6-7H2,1H3. The molecule has 3 rings (SSSR count). The molecule has 0 amide bonds. The van der Waals surface area contributed by atoms with Crippen molar-refractivity contribution in [3.8, 4) is 0 Å². The Bertz CT molecular complexity index is 394. The lowest BCUT2D eigenvalue weighted by atomic mass is 9.61. The summed E-state index contributed by atoms with van der Waals surface area (Å²) >= 11 is 0. The van der Waals surface area contributed by atoms with Crippen LogP contribution in [-0.4, -0.2) is 5.78 Å². The molecule has 1 nitrogen and oxygen atoms in total. The first-order valence-electron chi connectivity index (χ1n) is 4.81. The van der Waals surface area contributed by atoms with Gasteiger partial charge in [-0.1, -0.05) is 31.2 Å². The Morgan fingerprint density at radius 3 is 2.85 bits per heavy atom. The van der Waals surface area contributed by atoms with E-state index < -0.39 is 0 Å². The van der Waals surface area contributed by atoms with E-state index in [0.717, 1.165) is 12.8 Å². The third-order valence-corrected chi connectivity index (χ3v) is 3.56. The van der Waals surface area contributed by atoms with Crippen molar-refractivity contribution in [2.24, 2.45) is 5.41 Å². The smallest absolute Gasteiger partial charge is 0.141 e. The Morgan fingerprint density at radius 1 is 1.31 bits per heavy atom. The molecule has 2 unspecified atom stereocenters. The Morgan fingerprint density at radius 2 is 2.08 bits per heavy atom. The minimum atomic E-state index is 0.226. The summed E-state index contributed by atoms with van der Waals surface area (Å²) in [4.78, 5) is 11.5. The number of rotatable bonds is 0. The molecule has 2 aliphatic rings. The van der Waals surface area contributed by atoms with Gasteiger partial charge in [0.2, 0.25) is 0 Å². The van der Waals surface area contributed by atoms with Crippen molar-refractivity contribution in [1.29, 1.82) is 0 Å². The number of carbonyl (C=O) groups is 1. The van der Waals surface area contributed by atoms with E-state index in [-0.39, 0.29) is 11.3 Å². The number of fused-ring (bicyclic) bond motifs is 3. The summed E-state index contributed by atoms with van der Waals surface area (Å²) in [5.41, 5.74) is 2.95. The molecular weight excluding hydrogens is 160 g/mol. The first kappa shape index (κ1) is 7.31. The Labute approximate surface area is 77.8 Å². The van der Waals surface area contributed by atoms with Gasteiger partial charge in [0.15, 0.2) is 0 Å². The molecule has 0 spiro atoms. The molecule has 13 heavy (non-hydrogen) atoms. The monoisotopic (exact) mass is 172 g/mol. The van der Waals surface area contributed by atoms with Crippen LogP contribution in [0.3, 0.4) is 0 Å². The molecule has 2 atom stereocenters. The van der Waals surface area contributed by atoms with Crippen molar-refractivity contribution in [2.45, 2.75) is 25.7 Å². The van der Waals surface area contributed by atoms with E-state index in [1.165, 1.54) is 11.1 Å². The molecule has 66 valence electrons. The number of ketones is 1. The summed E-state index contributed by atoms with van der Waals surface area (Å²) in [6, 6.07) is 8.38. The van der Waals surface area contributed by atoms with Crippen LogP contribution in [0.25, 0.3) is 0 Å². The van der Waals surface area contributed by atoms with E-state index in [1.54, 1.807) is 0 Å². The zero-order chi connectivity index (χ0) is 9.05. The van der Waals surface area contributed by atoms with Gasteiger partial charge in [-0.25, -0.2) is 0 Å². The summed E-state index contributed by atoms with van der Waals surface area (Å²) in [5.74, 6) is 0.663. The molecule has 1 heteroatoms. The second-order valence-corrected chi connectivity index (χ2v) is 4.61. The van der Waals surface area contributed by atoms with Gasteiger partial charge in [0, 0.05) is 12.3 Å². The maximum Gasteiger partial charge on any atom is 0.141 e. The average Bonchev–Trinajstić information content (AvgIpc) is 2.30. The van der Waals surface area contributed by atoms with Crippen molar-refractivity contribution in [3.05, 3.63) is 35.4 Å². The van der Waals surface area contributed by atoms with Gasteiger partial charge in [0.25, 0.3) is 0 Å². The van der Waals surface area contributed by atoms with Crippen molar-refractivity contribution in [1.82, 2.24) is 0 Å². The van der Waals surface area contributed by atoms with E-state index in [0.29, 0.717) is 5.78 Å². The Hall–Kier alpha value is -1.11. The van der Waals surface area contributed by atoms with Gasteiger partial charge < -0.3 is 0 Å². The van der Waals surface area contributed by atoms with E-state index >= 15 is 0 Å². The van der Waals surface area contributed by atoms with Crippen LogP contribution < -0.4 is 0 Å². The number of carbonyl (C=O) groups excluding carboxylic acids is 1. The molecule has 0 aromatic heterocycles. The van der Waals surface area contributed by atoms with Gasteiger partial charge >= 0.3 is 0 Å². The lowest BCUT2D eigenvalue weighted by Gasteiger charge is -2.40. The molecule has 0 N–H and O–H groups in total. The fourth-order valence-corrected chi connectivity index (χ4v) is 2.99. The van der Waals surface area contributed by atoms with Gasteiger partial charge in [0.1, 0.15) is 5.78 Å². The maximum atomic E-state index is 11.5. The molecule has 2 aliphatic carbocycles.